The van der Waals surface area contributed by atoms with Crippen molar-refractivity contribution in [3.63, 3.8) is 0 Å². The predicted octanol–water partition coefficient (Wildman–Crippen LogP) is 7.73. The SMILES string of the molecule is O=C(Nc1c(Br)cc(C(F)(C(F)(F)F)C(F)(F)C(F)(F)F)cc1SC(F)F)c1ccc2ccc[n+]([O-])c2c1. The number of nitrogens with zero attached hydrogens (tertiary/aromatic N) is 1. The minimum atomic E-state index is -7.03. The fourth-order valence-electron chi connectivity index (χ4n) is 3.32. The number of halogens is 12. The van der Waals surface area contributed by atoms with Crippen molar-refractivity contribution >= 4 is 50.2 Å². The highest BCUT2D eigenvalue weighted by Gasteiger charge is 2.81. The van der Waals surface area contributed by atoms with E-state index >= 15 is 0 Å². The van der Waals surface area contributed by atoms with Crippen molar-refractivity contribution < 1.29 is 57.8 Å². The summed E-state index contributed by atoms with van der Waals surface area (Å²) >= 11 is 1.88. The summed E-state index contributed by atoms with van der Waals surface area (Å²) in [5, 5.41) is 14.3. The summed E-state index contributed by atoms with van der Waals surface area (Å²) in [5.41, 5.74) is -9.80. The Labute approximate surface area is 217 Å². The van der Waals surface area contributed by atoms with Crippen molar-refractivity contribution in [2.75, 3.05) is 5.32 Å². The van der Waals surface area contributed by atoms with Gasteiger partial charge < -0.3 is 10.5 Å². The topological polar surface area (TPSA) is 56.0 Å². The van der Waals surface area contributed by atoms with E-state index in [4.69, 9.17) is 0 Å². The Bertz CT molecular complexity index is 1380. The van der Waals surface area contributed by atoms with Gasteiger partial charge in [-0.05, 0) is 46.3 Å². The molecule has 38 heavy (non-hydrogen) atoms. The molecule has 1 atom stereocenters. The van der Waals surface area contributed by atoms with E-state index in [0.29, 0.717) is 10.1 Å². The Morgan fingerprint density at radius 2 is 1.58 bits per heavy atom. The molecule has 0 spiro atoms. The Hall–Kier alpha value is -2.82. The van der Waals surface area contributed by atoms with Crippen LogP contribution in [0.2, 0.25) is 0 Å². The lowest BCUT2D eigenvalue weighted by Gasteiger charge is -2.36. The second-order valence-corrected chi connectivity index (χ2v) is 9.39. The molecule has 0 aliphatic carbocycles. The summed E-state index contributed by atoms with van der Waals surface area (Å²) in [5.74, 6) is -11.7. The Balaban J connectivity index is 2.16. The van der Waals surface area contributed by atoms with Gasteiger partial charge in [0.15, 0.2) is 6.20 Å². The highest BCUT2D eigenvalue weighted by molar-refractivity contribution is 9.10. The molecule has 1 aromatic heterocycles. The number of thioether (sulfide) groups is 1. The number of benzene rings is 2. The van der Waals surface area contributed by atoms with Crippen LogP contribution in [0.3, 0.4) is 0 Å². The average Bonchev–Trinajstić information content (AvgIpc) is 2.78. The van der Waals surface area contributed by atoms with Gasteiger partial charge in [0, 0.05) is 38.0 Å². The van der Waals surface area contributed by atoms with Gasteiger partial charge in [0.05, 0.1) is 5.69 Å². The molecule has 1 N–H and O–H groups in total. The molecule has 2 aromatic carbocycles. The number of hydrogen-bond donors (Lipinski definition) is 1. The number of pyridine rings is 1. The van der Waals surface area contributed by atoms with E-state index in [0.717, 1.165) is 12.3 Å². The summed E-state index contributed by atoms with van der Waals surface area (Å²) in [4.78, 5) is 11.6. The molecule has 0 saturated carbocycles. The van der Waals surface area contributed by atoms with Crippen molar-refractivity contribution in [1.29, 1.82) is 0 Å². The van der Waals surface area contributed by atoms with Crippen LogP contribution in [0, 0.1) is 5.21 Å². The molecule has 4 nitrogen and oxygen atoms in total. The van der Waals surface area contributed by atoms with Crippen LogP contribution < -0.4 is 10.0 Å². The third-order valence-corrected chi connectivity index (χ3v) is 6.49. The first-order valence-corrected chi connectivity index (χ1v) is 11.4. The first-order chi connectivity index (χ1) is 17.3. The number of amides is 1. The van der Waals surface area contributed by atoms with E-state index < -0.39 is 68.0 Å². The number of carbonyl (C=O) groups excluding carboxylic acids is 1. The van der Waals surface area contributed by atoms with Crippen LogP contribution in [0.25, 0.3) is 10.9 Å². The largest absolute Gasteiger partial charge is 0.618 e. The van der Waals surface area contributed by atoms with Crippen LogP contribution in [0.1, 0.15) is 15.9 Å². The second kappa shape index (κ2) is 10.1. The van der Waals surface area contributed by atoms with E-state index in [1.807, 2.05) is 5.32 Å². The first-order valence-electron chi connectivity index (χ1n) is 9.73. The zero-order chi connectivity index (χ0) is 28.8. The number of fused-ring (bicyclic) bond motifs is 1. The molecule has 0 radical (unpaired) electrons. The summed E-state index contributed by atoms with van der Waals surface area (Å²) in [7, 11) is 0. The molecule has 0 bridgehead atoms. The third-order valence-electron chi connectivity index (χ3n) is 5.11. The standard InChI is InChI=1S/C21H10BrF11N2O2S/c22-12-7-11(18(25,20(28,29)30)19(26,27)21(31,32)33)8-14(38-17(23)24)15(12)34-16(36)10-4-3-9-2-1-5-35(37)13(9)6-10/h1-8,17H,(H,34,36). The lowest BCUT2D eigenvalue weighted by atomic mass is 9.87. The maximum atomic E-state index is 14.9. The minimum absolute atomic E-state index is 0.0153. The van der Waals surface area contributed by atoms with E-state index in [1.165, 1.54) is 24.3 Å². The fraction of sp³-hybridized carbons (Fsp3) is 0.238. The van der Waals surface area contributed by atoms with Gasteiger partial charge in [-0.3, -0.25) is 4.79 Å². The van der Waals surface area contributed by atoms with E-state index in [1.54, 1.807) is 0 Å². The Morgan fingerprint density at radius 3 is 2.13 bits per heavy atom. The molecular weight excluding hydrogens is 633 g/mol. The summed E-state index contributed by atoms with van der Waals surface area (Å²) in [6.45, 7) is 0. The summed E-state index contributed by atoms with van der Waals surface area (Å²) in [6, 6.07) is 6.07. The number of alkyl halides is 11. The molecule has 1 unspecified atom stereocenters. The zero-order valence-corrected chi connectivity index (χ0v) is 20.3. The van der Waals surface area contributed by atoms with Crippen LogP contribution in [0.5, 0.6) is 0 Å². The molecule has 3 aromatic rings. The summed E-state index contributed by atoms with van der Waals surface area (Å²) < 4.78 is 147. The van der Waals surface area contributed by atoms with Gasteiger partial charge in [-0.15, -0.1) is 0 Å². The zero-order valence-electron chi connectivity index (χ0n) is 17.9. The third kappa shape index (κ3) is 5.21. The number of carbonyl (C=O) groups is 1. The van der Waals surface area contributed by atoms with E-state index in [9.17, 15) is 58.3 Å². The van der Waals surface area contributed by atoms with Gasteiger partial charge in [0.2, 0.25) is 5.52 Å². The number of hydrogen-bond acceptors (Lipinski definition) is 3. The molecule has 0 aliphatic heterocycles. The molecule has 206 valence electrons. The van der Waals surface area contributed by atoms with Crippen LogP contribution in [0.15, 0.2) is 58.0 Å². The van der Waals surface area contributed by atoms with Crippen molar-refractivity contribution in [2.45, 2.75) is 34.6 Å². The highest BCUT2D eigenvalue weighted by Crippen LogP contribution is 2.59. The molecule has 1 amide bonds. The quantitative estimate of drug-likeness (QED) is 0.130. The van der Waals surface area contributed by atoms with Crippen LogP contribution in [0.4, 0.5) is 54.0 Å². The van der Waals surface area contributed by atoms with Crippen LogP contribution in [-0.4, -0.2) is 29.9 Å². The van der Waals surface area contributed by atoms with Gasteiger partial charge in [0.1, 0.15) is 0 Å². The lowest BCUT2D eigenvalue weighted by Crippen LogP contribution is -2.59. The van der Waals surface area contributed by atoms with Gasteiger partial charge in [-0.1, -0.05) is 11.8 Å². The Morgan fingerprint density at radius 1 is 0.947 bits per heavy atom. The highest BCUT2D eigenvalue weighted by atomic mass is 79.9. The maximum Gasteiger partial charge on any atom is 0.457 e. The molecule has 1 heterocycles. The molecule has 0 fully saturated rings. The van der Waals surface area contributed by atoms with E-state index in [2.05, 4.69) is 15.9 Å². The average molecular weight is 643 g/mol. The van der Waals surface area contributed by atoms with Crippen molar-refractivity contribution in [2.24, 2.45) is 0 Å². The monoisotopic (exact) mass is 642 g/mol. The molecule has 17 heteroatoms. The van der Waals surface area contributed by atoms with Crippen LogP contribution >= 0.6 is 27.7 Å². The number of aromatic nitrogens is 1. The predicted molar refractivity (Wildman–Crippen MR) is 117 cm³/mol. The van der Waals surface area contributed by atoms with Crippen molar-refractivity contribution in [1.82, 2.24) is 0 Å². The molecule has 0 saturated heterocycles. The van der Waals surface area contributed by atoms with Crippen molar-refractivity contribution in [3.8, 4) is 0 Å². The van der Waals surface area contributed by atoms with Gasteiger partial charge in [0.25, 0.3) is 11.7 Å². The second-order valence-electron chi connectivity index (χ2n) is 7.50. The van der Waals surface area contributed by atoms with E-state index in [-0.39, 0.29) is 23.2 Å². The van der Waals surface area contributed by atoms with Gasteiger partial charge >= 0.3 is 23.9 Å². The molecule has 0 aliphatic rings. The first kappa shape index (κ1) is 29.7. The molecular formula is C21H10BrF11N2O2S. The lowest BCUT2D eigenvalue weighted by molar-refractivity contribution is -0.577. The number of nitrogens with one attached hydrogen (secondary N) is 1. The smallest absolute Gasteiger partial charge is 0.457 e. The van der Waals surface area contributed by atoms with Crippen LogP contribution in [-0.2, 0) is 5.67 Å². The maximum absolute atomic E-state index is 14.9. The van der Waals surface area contributed by atoms with Crippen molar-refractivity contribution in [3.05, 3.63) is 69.5 Å². The van der Waals surface area contributed by atoms with Gasteiger partial charge in [-0.2, -0.15) is 48.6 Å². The summed E-state index contributed by atoms with van der Waals surface area (Å²) in [6.07, 6.45) is -12.8. The fourth-order valence-corrected chi connectivity index (χ4v) is 4.67. The molecule has 3 rings (SSSR count). The Kier molecular flexibility index (Phi) is 7.87. The normalized spacial score (nSPS) is 14.6. The minimum Gasteiger partial charge on any atom is -0.618 e. The number of rotatable bonds is 6. The van der Waals surface area contributed by atoms with Gasteiger partial charge in [-0.25, -0.2) is 4.39 Å². The number of anilines is 1.